The molecule has 1 saturated carbocycles. The van der Waals surface area contributed by atoms with Gasteiger partial charge in [0.1, 0.15) is 0 Å². The van der Waals surface area contributed by atoms with Crippen LogP contribution in [0.25, 0.3) is 0 Å². The van der Waals surface area contributed by atoms with E-state index in [1.807, 2.05) is 12.1 Å². The number of hydrogen-bond donors (Lipinski definition) is 2. The number of anilines is 1. The highest BCUT2D eigenvalue weighted by Crippen LogP contribution is 2.45. The molecule has 1 aromatic rings. The number of nitrogens with one attached hydrogen (secondary N) is 1. The zero-order valence-corrected chi connectivity index (χ0v) is 8.49. The average molecular weight is 207 g/mol. The van der Waals surface area contributed by atoms with Crippen LogP contribution in [0.4, 0.5) is 10.5 Å². The van der Waals surface area contributed by atoms with Crippen molar-refractivity contribution in [2.45, 2.75) is 18.4 Å². The molecule has 15 heavy (non-hydrogen) atoms. The predicted octanol–water partition coefficient (Wildman–Crippen LogP) is 1.85. The molecule has 0 heterocycles. The van der Waals surface area contributed by atoms with Crippen molar-refractivity contribution in [3.8, 4) is 0 Å². The first kappa shape index (κ1) is 9.98. The molecule has 0 atom stereocenters. The van der Waals surface area contributed by atoms with Crippen molar-refractivity contribution in [1.82, 2.24) is 0 Å². The molecule has 0 unspecified atom stereocenters. The molecule has 0 bridgehead atoms. The number of hydrogen-bond acceptors (Lipinski definition) is 3. The molecular weight excluding hydrogens is 194 g/mol. The lowest BCUT2D eigenvalue weighted by Gasteiger charge is -2.09. The van der Waals surface area contributed by atoms with Crippen molar-refractivity contribution in [3.05, 3.63) is 29.8 Å². The number of rotatable bonds is 2. The maximum Gasteiger partial charge on any atom is 0.411 e. The van der Waals surface area contributed by atoms with E-state index in [4.69, 9.17) is 0 Å². The van der Waals surface area contributed by atoms with Crippen molar-refractivity contribution >= 4 is 11.8 Å². The predicted molar refractivity (Wildman–Crippen MR) is 55.6 cm³/mol. The first-order valence-electron chi connectivity index (χ1n) is 4.82. The lowest BCUT2D eigenvalue weighted by atomic mass is 10.1. The number of ether oxygens (including phenoxy) is 1. The second-order valence-electron chi connectivity index (χ2n) is 3.73. The second kappa shape index (κ2) is 3.55. The summed E-state index contributed by atoms with van der Waals surface area (Å²) in [5.74, 6) is 0. The Kier molecular flexibility index (Phi) is 2.36. The molecule has 1 aliphatic carbocycles. The van der Waals surface area contributed by atoms with E-state index in [1.165, 1.54) is 7.11 Å². The third-order valence-corrected chi connectivity index (χ3v) is 2.58. The summed E-state index contributed by atoms with van der Waals surface area (Å²) in [5, 5.41) is 12.4. The van der Waals surface area contributed by atoms with Gasteiger partial charge < -0.3 is 9.84 Å². The lowest BCUT2D eigenvalue weighted by Crippen LogP contribution is -2.11. The quantitative estimate of drug-likeness (QED) is 0.778. The summed E-state index contributed by atoms with van der Waals surface area (Å²) in [6.07, 6.45) is 1.14. The molecule has 4 heteroatoms. The van der Waals surface area contributed by atoms with Crippen LogP contribution in [-0.2, 0) is 10.3 Å². The smallest absolute Gasteiger partial charge is 0.411 e. The fourth-order valence-corrected chi connectivity index (χ4v) is 1.44. The maximum atomic E-state index is 10.9. The molecule has 80 valence electrons. The van der Waals surface area contributed by atoms with Gasteiger partial charge in [0.15, 0.2) is 0 Å². The number of methoxy groups -OCH3 is 1. The largest absolute Gasteiger partial charge is 0.453 e. The molecule has 0 saturated heterocycles. The van der Waals surface area contributed by atoms with Gasteiger partial charge >= 0.3 is 6.09 Å². The van der Waals surface area contributed by atoms with Crippen LogP contribution in [0, 0.1) is 0 Å². The Morgan fingerprint density at radius 2 is 2.00 bits per heavy atom. The topological polar surface area (TPSA) is 58.6 Å². The highest BCUT2D eigenvalue weighted by molar-refractivity contribution is 5.84. The lowest BCUT2D eigenvalue weighted by molar-refractivity contribution is 0.151. The van der Waals surface area contributed by atoms with Crippen LogP contribution < -0.4 is 5.32 Å². The van der Waals surface area contributed by atoms with Crippen LogP contribution in [0.2, 0.25) is 0 Å². The fraction of sp³-hybridized carbons (Fsp3) is 0.364. The summed E-state index contributed by atoms with van der Waals surface area (Å²) in [6, 6.07) is 7.14. The Hall–Kier alpha value is -1.55. The third kappa shape index (κ3) is 2.10. The van der Waals surface area contributed by atoms with Crippen LogP contribution >= 0.6 is 0 Å². The molecule has 0 spiro atoms. The number of carbonyl (C=O) groups excluding carboxylic acids is 1. The number of amides is 1. The molecule has 0 radical (unpaired) electrons. The highest BCUT2D eigenvalue weighted by atomic mass is 16.5. The van der Waals surface area contributed by atoms with E-state index in [-0.39, 0.29) is 0 Å². The van der Waals surface area contributed by atoms with Gasteiger partial charge in [0.2, 0.25) is 0 Å². The Labute approximate surface area is 87.9 Å². The maximum absolute atomic E-state index is 10.9. The third-order valence-electron chi connectivity index (χ3n) is 2.58. The van der Waals surface area contributed by atoms with Gasteiger partial charge in [-0.1, -0.05) is 12.1 Å². The minimum atomic E-state index is -0.621. The molecule has 2 rings (SSSR count). The van der Waals surface area contributed by atoms with Crippen LogP contribution in [0.3, 0.4) is 0 Å². The Morgan fingerprint density at radius 1 is 1.40 bits per heavy atom. The van der Waals surface area contributed by atoms with E-state index in [1.54, 1.807) is 12.1 Å². The van der Waals surface area contributed by atoms with Gasteiger partial charge in [-0.2, -0.15) is 0 Å². The Bertz CT molecular complexity index is 368. The Balaban J connectivity index is 2.07. The highest BCUT2D eigenvalue weighted by Gasteiger charge is 2.41. The zero-order chi connectivity index (χ0) is 10.9. The summed E-state index contributed by atoms with van der Waals surface area (Å²) in [4.78, 5) is 10.9. The number of carbonyl (C=O) groups is 1. The average Bonchev–Trinajstić information content (AvgIpc) is 2.98. The number of aliphatic hydroxyl groups is 1. The number of benzene rings is 1. The van der Waals surface area contributed by atoms with E-state index in [9.17, 15) is 9.90 Å². The standard InChI is InChI=1S/C11H13NO3/c1-15-10(13)12-9-4-2-8(3-5-9)11(14)6-7-11/h2-5,14H,6-7H2,1H3,(H,12,13). The summed E-state index contributed by atoms with van der Waals surface area (Å²) in [6.45, 7) is 0. The van der Waals surface area contributed by atoms with Gasteiger partial charge in [0.05, 0.1) is 12.7 Å². The molecule has 1 aliphatic rings. The summed E-state index contributed by atoms with van der Waals surface area (Å²) in [5.41, 5.74) is 0.942. The van der Waals surface area contributed by atoms with Crippen LogP contribution in [-0.4, -0.2) is 18.3 Å². The molecule has 1 aromatic carbocycles. The van der Waals surface area contributed by atoms with E-state index in [0.29, 0.717) is 5.69 Å². The molecule has 0 aromatic heterocycles. The van der Waals surface area contributed by atoms with Crippen molar-refractivity contribution in [2.75, 3.05) is 12.4 Å². The van der Waals surface area contributed by atoms with Gasteiger partial charge in [-0.05, 0) is 30.5 Å². The van der Waals surface area contributed by atoms with Gasteiger partial charge in [-0.15, -0.1) is 0 Å². The van der Waals surface area contributed by atoms with Gasteiger partial charge in [-0.3, -0.25) is 5.32 Å². The van der Waals surface area contributed by atoms with Crippen LogP contribution in [0.15, 0.2) is 24.3 Å². The molecule has 2 N–H and O–H groups in total. The van der Waals surface area contributed by atoms with Gasteiger partial charge in [-0.25, -0.2) is 4.79 Å². The van der Waals surface area contributed by atoms with Crippen LogP contribution in [0.5, 0.6) is 0 Å². The van der Waals surface area contributed by atoms with Gasteiger partial charge in [0, 0.05) is 5.69 Å². The van der Waals surface area contributed by atoms with Crippen molar-refractivity contribution in [1.29, 1.82) is 0 Å². The van der Waals surface area contributed by atoms with E-state index >= 15 is 0 Å². The van der Waals surface area contributed by atoms with Crippen LogP contribution in [0.1, 0.15) is 18.4 Å². The Morgan fingerprint density at radius 3 is 2.47 bits per heavy atom. The molecule has 1 amide bonds. The van der Waals surface area contributed by atoms with Crippen molar-refractivity contribution in [3.63, 3.8) is 0 Å². The van der Waals surface area contributed by atoms with Crippen molar-refractivity contribution < 1.29 is 14.6 Å². The summed E-state index contributed by atoms with van der Waals surface area (Å²) >= 11 is 0. The molecular formula is C11H13NO3. The first-order chi connectivity index (χ1) is 7.14. The van der Waals surface area contributed by atoms with Gasteiger partial charge in [0.25, 0.3) is 0 Å². The normalized spacial score (nSPS) is 16.9. The fourth-order valence-electron chi connectivity index (χ4n) is 1.44. The minimum absolute atomic E-state index is 0.493. The second-order valence-corrected chi connectivity index (χ2v) is 3.73. The van der Waals surface area contributed by atoms with E-state index in [2.05, 4.69) is 10.1 Å². The molecule has 4 nitrogen and oxygen atoms in total. The summed E-state index contributed by atoms with van der Waals surface area (Å²) < 4.78 is 4.46. The zero-order valence-electron chi connectivity index (χ0n) is 8.49. The van der Waals surface area contributed by atoms with E-state index < -0.39 is 11.7 Å². The molecule has 1 fully saturated rings. The SMILES string of the molecule is COC(=O)Nc1ccc(C2(O)CC2)cc1. The van der Waals surface area contributed by atoms with Crippen molar-refractivity contribution in [2.24, 2.45) is 0 Å². The molecule has 0 aliphatic heterocycles. The minimum Gasteiger partial charge on any atom is -0.453 e. The summed E-state index contributed by atoms with van der Waals surface area (Å²) in [7, 11) is 1.32. The van der Waals surface area contributed by atoms with E-state index in [0.717, 1.165) is 18.4 Å². The first-order valence-corrected chi connectivity index (χ1v) is 4.82. The monoisotopic (exact) mass is 207 g/mol.